The summed E-state index contributed by atoms with van der Waals surface area (Å²) in [6.07, 6.45) is 5.27. The summed E-state index contributed by atoms with van der Waals surface area (Å²) in [7, 11) is 0. The molecule has 0 aliphatic heterocycles. The molecule has 250 valence electrons. The van der Waals surface area contributed by atoms with Crippen molar-refractivity contribution in [2.24, 2.45) is 11.8 Å². The molecule has 2 atom stereocenters. The fourth-order valence-electron chi connectivity index (χ4n) is 5.88. The van der Waals surface area contributed by atoms with E-state index in [0.29, 0.717) is 48.7 Å². The second kappa shape index (κ2) is 16.2. The largest absolute Gasteiger partial charge is 0.493 e. The highest BCUT2D eigenvalue weighted by atomic mass is 35.5. The number of aryl methyl sites for hydroxylation is 2. The third-order valence-corrected chi connectivity index (χ3v) is 9.78. The first kappa shape index (κ1) is 35.9. The minimum atomic E-state index is -0.577. The summed E-state index contributed by atoms with van der Waals surface area (Å²) >= 11 is 5.90. The third-order valence-electron chi connectivity index (χ3n) is 9.35. The molecule has 1 fully saturated rings. The van der Waals surface area contributed by atoms with Gasteiger partial charge < -0.3 is 15.4 Å². The van der Waals surface area contributed by atoms with Crippen molar-refractivity contribution < 1.29 is 23.9 Å². The summed E-state index contributed by atoms with van der Waals surface area (Å²) in [6, 6.07) is 19.2. The fraction of sp³-hybridized carbons (Fsp3) is 0.436. The maximum Gasteiger partial charge on any atom is 0.234 e. The number of nitrogens with one attached hydrogen (secondary N) is 2. The van der Waals surface area contributed by atoms with Crippen molar-refractivity contribution in [1.82, 2.24) is 5.32 Å². The molecule has 7 nitrogen and oxygen atoms in total. The highest BCUT2D eigenvalue weighted by Crippen LogP contribution is 2.31. The first-order valence-electron chi connectivity index (χ1n) is 16.6. The molecular formula is C39H47ClN2O5. The highest BCUT2D eigenvalue weighted by Gasteiger charge is 2.35. The van der Waals surface area contributed by atoms with E-state index < -0.39 is 11.8 Å². The molecule has 2 aliphatic rings. The van der Waals surface area contributed by atoms with E-state index in [1.807, 2.05) is 25.1 Å². The molecule has 3 aromatic rings. The van der Waals surface area contributed by atoms with Crippen LogP contribution in [0.1, 0.15) is 91.9 Å². The van der Waals surface area contributed by atoms with Gasteiger partial charge in [-0.25, -0.2) is 0 Å². The monoisotopic (exact) mass is 658 g/mol. The molecule has 8 heteroatoms. The number of unbranched alkanes of at least 4 members (excludes halogenated alkanes) is 1. The number of Topliss-reactive ketones (excluding diaryl/α,β-unsaturated/α-hetero) is 2. The van der Waals surface area contributed by atoms with Gasteiger partial charge in [0.15, 0.2) is 5.78 Å². The molecule has 0 radical (unpaired) electrons. The standard InChI is InChI=1S/C26H33NO3.C13H14ClNO2/c1-5-26(3,4)20-12-13-23(18(2)16-20)30-15-9-8-14-27-25(29)22-17-19-10-6-7-11-21(19)24(22)28;1-8-7-9(5-6-11(8)14)15-13(17)10-3-2-4-12(10)16/h6-7,10-13,16,22H,5,8-9,14-15,17H2,1-4H3,(H,27,29);5-7,10H,2-4H2,1H3,(H,15,17). The molecule has 0 bridgehead atoms. The molecule has 2 aliphatic carbocycles. The van der Waals surface area contributed by atoms with E-state index in [1.54, 1.807) is 24.3 Å². The van der Waals surface area contributed by atoms with Gasteiger partial charge in [-0.15, -0.1) is 0 Å². The summed E-state index contributed by atoms with van der Waals surface area (Å²) in [5.74, 6) is -0.497. The van der Waals surface area contributed by atoms with Gasteiger partial charge in [-0.3, -0.25) is 19.2 Å². The van der Waals surface area contributed by atoms with E-state index in [-0.39, 0.29) is 28.8 Å². The van der Waals surface area contributed by atoms with Crippen molar-refractivity contribution >= 4 is 40.7 Å². The molecule has 1 saturated carbocycles. The first-order chi connectivity index (χ1) is 22.4. The molecule has 0 saturated heterocycles. The van der Waals surface area contributed by atoms with Gasteiger partial charge in [-0.1, -0.05) is 68.8 Å². The van der Waals surface area contributed by atoms with Gasteiger partial charge >= 0.3 is 0 Å². The van der Waals surface area contributed by atoms with Crippen LogP contribution in [0.3, 0.4) is 0 Å². The van der Waals surface area contributed by atoms with Crippen LogP contribution in [-0.2, 0) is 26.2 Å². The maximum atomic E-state index is 12.4. The predicted octanol–water partition coefficient (Wildman–Crippen LogP) is 7.97. The Labute approximate surface area is 283 Å². The van der Waals surface area contributed by atoms with Crippen LogP contribution in [0.4, 0.5) is 5.69 Å². The lowest BCUT2D eigenvalue weighted by molar-refractivity contribution is -0.129. The number of fused-ring (bicyclic) bond motifs is 1. The van der Waals surface area contributed by atoms with Gasteiger partial charge in [0.2, 0.25) is 11.8 Å². The lowest BCUT2D eigenvalue weighted by Crippen LogP contribution is -2.34. The number of ether oxygens (including phenoxy) is 1. The zero-order valence-corrected chi connectivity index (χ0v) is 29.0. The third kappa shape index (κ3) is 9.32. The highest BCUT2D eigenvalue weighted by molar-refractivity contribution is 6.31. The van der Waals surface area contributed by atoms with Crippen LogP contribution < -0.4 is 15.4 Å². The van der Waals surface area contributed by atoms with E-state index in [4.69, 9.17) is 16.3 Å². The van der Waals surface area contributed by atoms with Crippen molar-refractivity contribution in [3.8, 4) is 5.75 Å². The lowest BCUT2D eigenvalue weighted by atomic mass is 9.81. The second-order valence-corrected chi connectivity index (χ2v) is 13.6. The Balaban J connectivity index is 0.000000248. The number of benzene rings is 3. The normalized spacial score (nSPS) is 17.1. The lowest BCUT2D eigenvalue weighted by Gasteiger charge is -2.24. The molecule has 2 unspecified atom stereocenters. The quantitative estimate of drug-likeness (QED) is 0.161. The topological polar surface area (TPSA) is 102 Å². The Hall–Kier alpha value is -3.97. The Kier molecular flexibility index (Phi) is 12.4. The van der Waals surface area contributed by atoms with Crippen molar-refractivity contribution in [2.75, 3.05) is 18.5 Å². The number of carbonyl (C=O) groups is 4. The number of hydrogen-bond donors (Lipinski definition) is 2. The predicted molar refractivity (Wildman–Crippen MR) is 187 cm³/mol. The Morgan fingerprint density at radius 1 is 0.936 bits per heavy atom. The zero-order valence-electron chi connectivity index (χ0n) is 28.2. The van der Waals surface area contributed by atoms with E-state index in [1.165, 1.54) is 5.56 Å². The molecule has 0 spiro atoms. The minimum Gasteiger partial charge on any atom is -0.493 e. The van der Waals surface area contributed by atoms with Gasteiger partial charge in [0.25, 0.3) is 0 Å². The molecule has 5 rings (SSSR count). The van der Waals surface area contributed by atoms with E-state index in [2.05, 4.69) is 56.5 Å². The fourth-order valence-corrected chi connectivity index (χ4v) is 5.99. The molecule has 2 amide bonds. The van der Waals surface area contributed by atoms with E-state index in [0.717, 1.165) is 48.1 Å². The summed E-state index contributed by atoms with van der Waals surface area (Å²) in [5, 5.41) is 6.35. The van der Waals surface area contributed by atoms with Crippen molar-refractivity contribution in [3.63, 3.8) is 0 Å². The number of ketones is 2. The molecule has 2 N–H and O–H groups in total. The number of hydrogen-bond acceptors (Lipinski definition) is 5. The first-order valence-corrected chi connectivity index (χ1v) is 17.0. The van der Waals surface area contributed by atoms with E-state index >= 15 is 0 Å². The molecule has 0 aromatic heterocycles. The molecule has 0 heterocycles. The van der Waals surface area contributed by atoms with Crippen LogP contribution in [0.2, 0.25) is 5.02 Å². The van der Waals surface area contributed by atoms with E-state index in [9.17, 15) is 19.2 Å². The summed E-state index contributed by atoms with van der Waals surface area (Å²) in [4.78, 5) is 48.1. The smallest absolute Gasteiger partial charge is 0.234 e. The van der Waals surface area contributed by atoms with Crippen LogP contribution in [0.15, 0.2) is 60.7 Å². The number of halogens is 1. The average Bonchev–Trinajstić information content (AvgIpc) is 3.64. The molecule has 3 aromatic carbocycles. The molecule has 47 heavy (non-hydrogen) atoms. The van der Waals surface area contributed by atoms with Crippen molar-refractivity contribution in [1.29, 1.82) is 0 Å². The van der Waals surface area contributed by atoms with Crippen LogP contribution >= 0.6 is 11.6 Å². The number of amides is 2. The maximum absolute atomic E-state index is 12.4. The summed E-state index contributed by atoms with van der Waals surface area (Å²) in [6.45, 7) is 11.9. The SMILES string of the molecule is CCC(C)(C)c1ccc(OCCCCNC(=O)C2Cc3ccccc3C2=O)c(C)c1.Cc1cc(NC(=O)C2CCCC2=O)ccc1Cl. The van der Waals surface area contributed by atoms with Gasteiger partial charge in [0.05, 0.1) is 12.5 Å². The van der Waals surface area contributed by atoms with Gasteiger partial charge in [-0.2, -0.15) is 0 Å². The zero-order chi connectivity index (χ0) is 34.1. The van der Waals surface area contributed by atoms with Gasteiger partial charge in [0, 0.05) is 29.2 Å². The minimum absolute atomic E-state index is 0.0492. The average molecular weight is 659 g/mol. The number of anilines is 1. The molecular weight excluding hydrogens is 612 g/mol. The number of carbonyl (C=O) groups excluding carboxylic acids is 4. The van der Waals surface area contributed by atoms with Crippen LogP contribution in [-0.4, -0.2) is 36.5 Å². The Morgan fingerprint density at radius 2 is 1.70 bits per heavy atom. The van der Waals surface area contributed by atoms with Crippen molar-refractivity contribution in [3.05, 3.63) is 93.5 Å². The van der Waals surface area contributed by atoms with Crippen LogP contribution in [0, 0.1) is 25.7 Å². The second-order valence-electron chi connectivity index (χ2n) is 13.2. The summed E-state index contributed by atoms with van der Waals surface area (Å²) in [5.41, 5.74) is 5.92. The Bertz CT molecular complexity index is 1610. The van der Waals surface area contributed by atoms with Crippen LogP contribution in [0.5, 0.6) is 5.75 Å². The van der Waals surface area contributed by atoms with Gasteiger partial charge in [0.1, 0.15) is 17.5 Å². The number of rotatable bonds is 11. The summed E-state index contributed by atoms with van der Waals surface area (Å²) < 4.78 is 5.94. The van der Waals surface area contributed by atoms with Gasteiger partial charge in [-0.05, 0) is 104 Å². The van der Waals surface area contributed by atoms with Crippen molar-refractivity contribution in [2.45, 2.75) is 85.0 Å². The Morgan fingerprint density at radius 3 is 2.36 bits per heavy atom. The van der Waals surface area contributed by atoms with Crippen LogP contribution in [0.25, 0.3) is 0 Å².